The van der Waals surface area contributed by atoms with Crippen molar-refractivity contribution in [2.24, 2.45) is 5.73 Å². The fourth-order valence-corrected chi connectivity index (χ4v) is 3.70. The smallest absolute Gasteiger partial charge is 0.431 e. The van der Waals surface area contributed by atoms with Crippen LogP contribution in [0.1, 0.15) is 47.3 Å². The van der Waals surface area contributed by atoms with E-state index in [-0.39, 0.29) is 23.8 Å². The predicted octanol–water partition coefficient (Wildman–Crippen LogP) is 3.85. The van der Waals surface area contributed by atoms with Crippen LogP contribution in [0.2, 0.25) is 0 Å². The summed E-state index contributed by atoms with van der Waals surface area (Å²) in [6.07, 6.45) is 2.77. The van der Waals surface area contributed by atoms with Gasteiger partial charge < -0.3 is 20.2 Å². The van der Waals surface area contributed by atoms with Gasteiger partial charge in [-0.2, -0.15) is 13.2 Å². The zero-order chi connectivity index (χ0) is 24.3. The van der Waals surface area contributed by atoms with Gasteiger partial charge in [0.05, 0.1) is 0 Å². The predicted molar refractivity (Wildman–Crippen MR) is 115 cm³/mol. The lowest BCUT2D eigenvalue weighted by Crippen LogP contribution is -2.27. The third kappa shape index (κ3) is 5.36. The number of halogens is 3. The van der Waals surface area contributed by atoms with Crippen LogP contribution in [0.15, 0.2) is 47.5 Å². The lowest BCUT2D eigenvalue weighted by Gasteiger charge is -2.14. The van der Waals surface area contributed by atoms with Gasteiger partial charge in [0, 0.05) is 23.5 Å². The Morgan fingerprint density at radius 2 is 1.76 bits per heavy atom. The average Bonchev–Trinajstić information content (AvgIpc) is 3.31. The molecule has 1 aromatic carbocycles. The number of primary amides is 1. The summed E-state index contributed by atoms with van der Waals surface area (Å²) in [5.74, 6) is -0.735. The molecular formula is C23H21F3N4O4. The Kier molecular flexibility index (Phi) is 6.53. The zero-order valence-corrected chi connectivity index (χ0v) is 17.9. The minimum absolute atomic E-state index is 0.121. The van der Waals surface area contributed by atoms with Crippen molar-refractivity contribution in [3.8, 4) is 22.9 Å². The number of carbonyl (C=O) groups excluding carboxylic acids is 1. The standard InChI is InChI=1S/C23H21F3N4O4/c24-23(25,26)19-17(9-18(20(27)31)21(32)30-19)14-5-7-15(8-6-14)33-12-13-10-28-22(29-11-13)34-16-3-1-2-4-16/h5-11,16H,1-4,12H2,(H2,27,31)(H,30,32). The van der Waals surface area contributed by atoms with E-state index in [0.29, 0.717) is 17.3 Å². The molecule has 0 bridgehead atoms. The molecule has 0 unspecified atom stereocenters. The van der Waals surface area contributed by atoms with Crippen LogP contribution in [-0.2, 0) is 12.8 Å². The number of aromatic nitrogens is 3. The number of nitrogens with one attached hydrogen (secondary N) is 1. The minimum atomic E-state index is -4.84. The van der Waals surface area contributed by atoms with Crippen molar-refractivity contribution in [1.82, 2.24) is 15.0 Å². The second-order valence-corrected chi connectivity index (χ2v) is 7.87. The first-order chi connectivity index (χ1) is 16.2. The fourth-order valence-electron chi connectivity index (χ4n) is 3.70. The summed E-state index contributed by atoms with van der Waals surface area (Å²) in [5, 5.41) is 0. The van der Waals surface area contributed by atoms with Crippen molar-refractivity contribution in [1.29, 1.82) is 0 Å². The summed E-state index contributed by atoms with van der Waals surface area (Å²) >= 11 is 0. The SMILES string of the molecule is NC(=O)c1cc(-c2ccc(OCc3cnc(OC4CCCC4)nc3)cc2)c(C(F)(F)F)[nH]c1=O. The van der Waals surface area contributed by atoms with Gasteiger partial charge in [0.1, 0.15) is 29.7 Å². The third-order valence-corrected chi connectivity index (χ3v) is 5.42. The van der Waals surface area contributed by atoms with Crippen LogP contribution in [0.3, 0.4) is 0 Å². The van der Waals surface area contributed by atoms with E-state index in [2.05, 4.69) is 9.97 Å². The van der Waals surface area contributed by atoms with Crippen LogP contribution in [0.25, 0.3) is 11.1 Å². The van der Waals surface area contributed by atoms with E-state index in [1.54, 1.807) is 17.4 Å². The lowest BCUT2D eigenvalue weighted by atomic mass is 10.0. The van der Waals surface area contributed by atoms with Crippen molar-refractivity contribution in [2.45, 2.75) is 44.6 Å². The number of carbonyl (C=O) groups is 1. The summed E-state index contributed by atoms with van der Waals surface area (Å²) in [7, 11) is 0. The number of nitrogens with zero attached hydrogens (tertiary/aromatic N) is 2. The maximum atomic E-state index is 13.4. The number of ether oxygens (including phenoxy) is 2. The van der Waals surface area contributed by atoms with E-state index in [1.165, 1.54) is 24.3 Å². The van der Waals surface area contributed by atoms with E-state index < -0.39 is 28.9 Å². The Hall–Kier alpha value is -3.89. The second kappa shape index (κ2) is 9.54. The lowest BCUT2D eigenvalue weighted by molar-refractivity contribution is -0.140. The van der Waals surface area contributed by atoms with Crippen LogP contribution in [0, 0.1) is 0 Å². The van der Waals surface area contributed by atoms with Crippen molar-refractivity contribution >= 4 is 5.91 Å². The zero-order valence-electron chi connectivity index (χ0n) is 17.9. The number of nitrogens with two attached hydrogens (primary N) is 1. The van der Waals surface area contributed by atoms with Gasteiger partial charge in [-0.3, -0.25) is 9.59 Å². The molecule has 2 aromatic heterocycles. The van der Waals surface area contributed by atoms with Crippen LogP contribution in [-0.4, -0.2) is 27.0 Å². The fraction of sp³-hybridized carbons (Fsp3) is 0.304. The summed E-state index contributed by atoms with van der Waals surface area (Å²) < 4.78 is 51.7. The summed E-state index contributed by atoms with van der Waals surface area (Å²) in [5.41, 5.74) is 2.50. The molecule has 2 heterocycles. The normalized spacial score (nSPS) is 14.2. The van der Waals surface area contributed by atoms with Crippen LogP contribution >= 0.6 is 0 Å². The highest BCUT2D eigenvalue weighted by atomic mass is 19.4. The first-order valence-corrected chi connectivity index (χ1v) is 10.6. The monoisotopic (exact) mass is 474 g/mol. The Bertz CT molecular complexity index is 1220. The van der Waals surface area contributed by atoms with Crippen molar-refractivity contribution in [2.75, 3.05) is 0 Å². The molecule has 0 spiro atoms. The molecule has 0 radical (unpaired) electrons. The first-order valence-electron chi connectivity index (χ1n) is 10.6. The molecule has 1 amide bonds. The van der Waals surface area contributed by atoms with Crippen molar-refractivity contribution in [3.05, 3.63) is 69.9 Å². The molecule has 3 N–H and O–H groups in total. The van der Waals surface area contributed by atoms with Crippen LogP contribution in [0.5, 0.6) is 11.8 Å². The van der Waals surface area contributed by atoms with E-state index in [0.717, 1.165) is 31.7 Å². The van der Waals surface area contributed by atoms with Gasteiger partial charge in [-0.25, -0.2) is 9.97 Å². The largest absolute Gasteiger partial charge is 0.489 e. The number of pyridine rings is 1. The van der Waals surface area contributed by atoms with E-state index in [4.69, 9.17) is 15.2 Å². The van der Waals surface area contributed by atoms with E-state index >= 15 is 0 Å². The molecule has 0 aliphatic heterocycles. The highest BCUT2D eigenvalue weighted by Gasteiger charge is 2.36. The summed E-state index contributed by atoms with van der Waals surface area (Å²) in [6.45, 7) is 0.140. The molecule has 11 heteroatoms. The van der Waals surface area contributed by atoms with Gasteiger partial charge in [0.15, 0.2) is 0 Å². The minimum Gasteiger partial charge on any atom is -0.489 e. The maximum Gasteiger partial charge on any atom is 0.431 e. The first kappa shape index (κ1) is 23.3. The van der Waals surface area contributed by atoms with Crippen molar-refractivity contribution < 1.29 is 27.4 Å². The van der Waals surface area contributed by atoms with Gasteiger partial charge >= 0.3 is 12.2 Å². The number of hydrogen-bond acceptors (Lipinski definition) is 6. The van der Waals surface area contributed by atoms with E-state index in [1.807, 2.05) is 0 Å². The number of H-pyrrole nitrogens is 1. The van der Waals surface area contributed by atoms with E-state index in [9.17, 15) is 22.8 Å². The Balaban J connectivity index is 1.46. The van der Waals surface area contributed by atoms with Gasteiger partial charge in [-0.05, 0) is 49.4 Å². The molecule has 0 atom stereocenters. The number of rotatable bonds is 7. The number of alkyl halides is 3. The molecule has 4 rings (SSSR count). The number of amides is 1. The van der Waals surface area contributed by atoms with Gasteiger partial charge in [0.2, 0.25) is 0 Å². The summed E-state index contributed by atoms with van der Waals surface area (Å²) in [4.78, 5) is 33.3. The molecule has 1 fully saturated rings. The van der Waals surface area contributed by atoms with Crippen LogP contribution < -0.4 is 20.8 Å². The Morgan fingerprint density at radius 1 is 1.12 bits per heavy atom. The topological polar surface area (TPSA) is 120 Å². The van der Waals surface area contributed by atoms with Crippen molar-refractivity contribution in [3.63, 3.8) is 0 Å². The number of benzene rings is 1. The average molecular weight is 474 g/mol. The molecule has 1 aliphatic rings. The summed E-state index contributed by atoms with van der Waals surface area (Å²) in [6, 6.07) is 6.88. The number of aromatic amines is 1. The molecule has 1 aliphatic carbocycles. The Morgan fingerprint density at radius 3 is 2.35 bits per heavy atom. The highest BCUT2D eigenvalue weighted by Crippen LogP contribution is 2.35. The molecule has 8 nitrogen and oxygen atoms in total. The quantitative estimate of drug-likeness (QED) is 0.537. The van der Waals surface area contributed by atoms with Gasteiger partial charge in [-0.1, -0.05) is 12.1 Å². The molecule has 3 aromatic rings. The third-order valence-electron chi connectivity index (χ3n) is 5.42. The molecule has 0 saturated heterocycles. The molecule has 1 saturated carbocycles. The number of hydrogen-bond donors (Lipinski definition) is 2. The molecule has 178 valence electrons. The molecular weight excluding hydrogens is 453 g/mol. The van der Waals surface area contributed by atoms with Crippen LogP contribution in [0.4, 0.5) is 13.2 Å². The van der Waals surface area contributed by atoms with Gasteiger partial charge in [0.25, 0.3) is 11.5 Å². The second-order valence-electron chi connectivity index (χ2n) is 7.87. The maximum absolute atomic E-state index is 13.4. The Labute approximate surface area is 192 Å². The molecule has 34 heavy (non-hydrogen) atoms. The van der Waals surface area contributed by atoms with Gasteiger partial charge in [-0.15, -0.1) is 0 Å². The highest BCUT2D eigenvalue weighted by molar-refractivity contribution is 5.94.